The first-order chi connectivity index (χ1) is 7.15. The van der Waals surface area contributed by atoms with Gasteiger partial charge in [0.2, 0.25) is 0 Å². The number of Topliss-reactive ketones (excluding diaryl/α,β-unsaturated/α-hetero) is 1. The highest BCUT2D eigenvalue weighted by Crippen LogP contribution is 2.12. The van der Waals surface area contributed by atoms with Crippen LogP contribution in [0.3, 0.4) is 0 Å². The van der Waals surface area contributed by atoms with Crippen molar-refractivity contribution in [3.8, 4) is 0 Å². The second kappa shape index (κ2) is 5.61. The van der Waals surface area contributed by atoms with Crippen LogP contribution in [-0.2, 0) is 4.74 Å². The fraction of sp³-hybridized carbons (Fsp3) is 0.417. The summed E-state index contributed by atoms with van der Waals surface area (Å²) >= 11 is 0. The smallest absolute Gasteiger partial charge is 0.165 e. The summed E-state index contributed by atoms with van der Waals surface area (Å²) in [4.78, 5) is 11.6. The van der Waals surface area contributed by atoms with Gasteiger partial charge in [-0.15, -0.1) is 0 Å². The number of rotatable bonds is 5. The average molecular weight is 210 g/mol. The molecule has 0 aliphatic carbocycles. The van der Waals surface area contributed by atoms with Gasteiger partial charge in [-0.05, 0) is 37.6 Å². The number of ketones is 1. The van der Waals surface area contributed by atoms with Crippen molar-refractivity contribution < 1.29 is 13.9 Å². The number of carbonyl (C=O) groups excluding carboxylic acids is 1. The molecule has 0 bridgehead atoms. The zero-order chi connectivity index (χ0) is 11.3. The Balaban J connectivity index is 2.65. The molecule has 1 aromatic rings. The third-order valence-electron chi connectivity index (χ3n) is 2.17. The monoisotopic (exact) mass is 210 g/mol. The van der Waals surface area contributed by atoms with Crippen LogP contribution in [0.25, 0.3) is 0 Å². The molecule has 0 aliphatic rings. The van der Waals surface area contributed by atoms with Gasteiger partial charge >= 0.3 is 0 Å². The van der Waals surface area contributed by atoms with E-state index in [-0.39, 0.29) is 11.6 Å². The first-order valence-electron chi connectivity index (χ1n) is 5.02. The van der Waals surface area contributed by atoms with E-state index in [0.717, 1.165) is 0 Å². The Morgan fingerprint density at radius 3 is 2.80 bits per heavy atom. The summed E-state index contributed by atoms with van der Waals surface area (Å²) in [5.74, 6) is -0.310. The molecule has 0 unspecified atom stereocenters. The highest BCUT2D eigenvalue weighted by Gasteiger charge is 2.09. The van der Waals surface area contributed by atoms with Crippen LogP contribution < -0.4 is 0 Å². The van der Waals surface area contributed by atoms with Crippen LogP contribution in [0.2, 0.25) is 0 Å². The van der Waals surface area contributed by atoms with Crippen molar-refractivity contribution in [3.63, 3.8) is 0 Å². The molecule has 1 aromatic carbocycles. The van der Waals surface area contributed by atoms with E-state index >= 15 is 0 Å². The maximum atomic E-state index is 12.8. The van der Waals surface area contributed by atoms with Crippen LogP contribution in [0.4, 0.5) is 4.39 Å². The highest BCUT2D eigenvalue weighted by molar-refractivity contribution is 5.97. The average Bonchev–Trinajstić information content (AvgIpc) is 2.17. The minimum absolute atomic E-state index is 0.000880. The van der Waals surface area contributed by atoms with E-state index in [9.17, 15) is 9.18 Å². The number of carbonyl (C=O) groups is 1. The van der Waals surface area contributed by atoms with Crippen molar-refractivity contribution in [2.45, 2.75) is 20.3 Å². The molecule has 0 heterocycles. The van der Waals surface area contributed by atoms with Gasteiger partial charge in [0, 0.05) is 18.6 Å². The summed E-state index contributed by atoms with van der Waals surface area (Å²) in [7, 11) is 0. The van der Waals surface area contributed by atoms with E-state index in [0.29, 0.717) is 30.8 Å². The van der Waals surface area contributed by atoms with Gasteiger partial charge in [-0.2, -0.15) is 0 Å². The van der Waals surface area contributed by atoms with Gasteiger partial charge in [0.15, 0.2) is 5.78 Å². The standard InChI is InChI=1S/C12H15FO2/c1-3-15-7-6-12(14)11-5-4-10(13)8-9(11)2/h4-5,8H,3,6-7H2,1-2H3. The predicted molar refractivity (Wildman–Crippen MR) is 56.6 cm³/mol. The topological polar surface area (TPSA) is 26.3 Å². The zero-order valence-corrected chi connectivity index (χ0v) is 9.05. The summed E-state index contributed by atoms with van der Waals surface area (Å²) in [6.45, 7) is 4.65. The van der Waals surface area contributed by atoms with Gasteiger partial charge in [-0.25, -0.2) is 4.39 Å². The van der Waals surface area contributed by atoms with Crippen molar-refractivity contribution in [2.24, 2.45) is 0 Å². The van der Waals surface area contributed by atoms with Gasteiger partial charge < -0.3 is 4.74 Å². The van der Waals surface area contributed by atoms with Gasteiger partial charge in [-0.1, -0.05) is 0 Å². The molecule has 0 atom stereocenters. The number of aryl methyl sites for hydroxylation is 1. The van der Waals surface area contributed by atoms with Crippen molar-refractivity contribution >= 4 is 5.78 Å². The molecule has 2 nitrogen and oxygen atoms in total. The number of hydrogen-bond acceptors (Lipinski definition) is 2. The molecule has 0 aliphatic heterocycles. The van der Waals surface area contributed by atoms with Crippen LogP contribution >= 0.6 is 0 Å². The van der Waals surface area contributed by atoms with Gasteiger partial charge in [0.1, 0.15) is 5.82 Å². The van der Waals surface area contributed by atoms with E-state index in [4.69, 9.17) is 4.74 Å². The number of ether oxygens (including phenoxy) is 1. The van der Waals surface area contributed by atoms with Gasteiger partial charge in [0.25, 0.3) is 0 Å². The molecule has 15 heavy (non-hydrogen) atoms. The SMILES string of the molecule is CCOCCC(=O)c1ccc(F)cc1C. The molecule has 0 aromatic heterocycles. The Morgan fingerprint density at radius 2 is 2.20 bits per heavy atom. The first-order valence-corrected chi connectivity index (χ1v) is 5.02. The summed E-state index contributed by atoms with van der Waals surface area (Å²) in [5.41, 5.74) is 1.26. The molecule has 0 radical (unpaired) electrons. The van der Waals surface area contributed by atoms with Crippen molar-refractivity contribution in [1.82, 2.24) is 0 Å². The van der Waals surface area contributed by atoms with Crippen molar-refractivity contribution in [1.29, 1.82) is 0 Å². The Hall–Kier alpha value is -1.22. The second-order valence-corrected chi connectivity index (χ2v) is 3.33. The van der Waals surface area contributed by atoms with Crippen molar-refractivity contribution in [3.05, 3.63) is 35.1 Å². The Kier molecular flexibility index (Phi) is 4.43. The van der Waals surface area contributed by atoms with Crippen LogP contribution in [0.5, 0.6) is 0 Å². The van der Waals surface area contributed by atoms with Gasteiger partial charge in [0.05, 0.1) is 6.61 Å². The van der Waals surface area contributed by atoms with E-state index < -0.39 is 0 Å². The molecule has 0 spiro atoms. The quantitative estimate of drug-likeness (QED) is 0.551. The minimum atomic E-state index is -0.311. The maximum Gasteiger partial charge on any atom is 0.165 e. The molecule has 0 N–H and O–H groups in total. The normalized spacial score (nSPS) is 10.3. The molecular weight excluding hydrogens is 195 g/mol. The summed E-state index contributed by atoms with van der Waals surface area (Å²) in [5, 5.41) is 0. The first kappa shape index (κ1) is 11.9. The summed E-state index contributed by atoms with van der Waals surface area (Å²) in [6, 6.07) is 4.20. The summed E-state index contributed by atoms with van der Waals surface area (Å²) in [6.07, 6.45) is 0.348. The van der Waals surface area contributed by atoms with Crippen LogP contribution in [0.15, 0.2) is 18.2 Å². The lowest BCUT2D eigenvalue weighted by molar-refractivity contribution is 0.0895. The van der Waals surface area contributed by atoms with Gasteiger partial charge in [-0.3, -0.25) is 4.79 Å². The Labute approximate surface area is 89.1 Å². The third-order valence-corrected chi connectivity index (χ3v) is 2.17. The maximum absolute atomic E-state index is 12.8. The van der Waals surface area contributed by atoms with E-state index in [2.05, 4.69) is 0 Å². The molecule has 0 fully saturated rings. The fourth-order valence-electron chi connectivity index (χ4n) is 1.38. The third kappa shape index (κ3) is 3.44. The molecule has 0 amide bonds. The number of benzene rings is 1. The molecule has 0 saturated heterocycles. The largest absolute Gasteiger partial charge is 0.381 e. The molecular formula is C12H15FO2. The second-order valence-electron chi connectivity index (χ2n) is 3.33. The van der Waals surface area contributed by atoms with Crippen LogP contribution in [0, 0.1) is 12.7 Å². The Bertz CT molecular complexity index is 347. The van der Waals surface area contributed by atoms with E-state index in [1.165, 1.54) is 18.2 Å². The predicted octanol–water partition coefficient (Wildman–Crippen LogP) is 2.74. The molecule has 0 saturated carbocycles. The molecule has 82 valence electrons. The lowest BCUT2D eigenvalue weighted by Crippen LogP contribution is -2.06. The fourth-order valence-corrected chi connectivity index (χ4v) is 1.38. The lowest BCUT2D eigenvalue weighted by Gasteiger charge is -2.04. The van der Waals surface area contributed by atoms with Crippen molar-refractivity contribution in [2.75, 3.05) is 13.2 Å². The minimum Gasteiger partial charge on any atom is -0.381 e. The molecule has 1 rings (SSSR count). The lowest BCUT2D eigenvalue weighted by atomic mass is 10.0. The number of hydrogen-bond donors (Lipinski definition) is 0. The van der Waals surface area contributed by atoms with E-state index in [1.54, 1.807) is 6.92 Å². The van der Waals surface area contributed by atoms with Crippen LogP contribution in [0.1, 0.15) is 29.3 Å². The van der Waals surface area contributed by atoms with E-state index in [1.807, 2.05) is 6.92 Å². The van der Waals surface area contributed by atoms with Crippen LogP contribution in [-0.4, -0.2) is 19.0 Å². The summed E-state index contributed by atoms with van der Waals surface area (Å²) < 4.78 is 17.9. The highest BCUT2D eigenvalue weighted by atomic mass is 19.1. The Morgan fingerprint density at radius 1 is 1.47 bits per heavy atom. The molecule has 3 heteroatoms. The zero-order valence-electron chi connectivity index (χ0n) is 9.05. The number of halogens is 1.